The summed E-state index contributed by atoms with van der Waals surface area (Å²) < 4.78 is 22.3. The molecular weight excluding hydrogens is 310 g/mol. The van der Waals surface area contributed by atoms with Crippen molar-refractivity contribution in [2.75, 3.05) is 19.6 Å². The van der Waals surface area contributed by atoms with Crippen LogP contribution in [0.3, 0.4) is 0 Å². The highest BCUT2D eigenvalue weighted by Gasteiger charge is 2.25. The van der Waals surface area contributed by atoms with Gasteiger partial charge >= 0.3 is 0 Å². The fraction of sp³-hybridized carbons (Fsp3) is 0.500. The predicted octanol–water partition coefficient (Wildman–Crippen LogP) is 0.251. The van der Waals surface area contributed by atoms with E-state index in [0.29, 0.717) is 12.1 Å². The van der Waals surface area contributed by atoms with Crippen LogP contribution in [0.5, 0.6) is 0 Å². The van der Waals surface area contributed by atoms with Crippen molar-refractivity contribution in [2.45, 2.75) is 17.2 Å². The average molecular weight is 326 g/mol. The molecule has 9 heteroatoms. The number of halogens is 1. The lowest BCUT2D eigenvalue weighted by atomic mass is 10.2. The zero-order valence-electron chi connectivity index (χ0n) is 10.3. The van der Waals surface area contributed by atoms with Crippen LogP contribution in [0.4, 0.5) is 0 Å². The smallest absolute Gasteiger partial charge is 0.255 e. The number of hydrogen-bond acceptors (Lipinski definition) is 5. The van der Waals surface area contributed by atoms with Gasteiger partial charge in [-0.05, 0) is 13.0 Å². The van der Waals surface area contributed by atoms with Crippen LogP contribution >= 0.6 is 23.7 Å². The van der Waals surface area contributed by atoms with Crippen LogP contribution in [0.15, 0.2) is 15.7 Å². The second kappa shape index (κ2) is 6.19. The number of nitrogens with zero attached hydrogens (tertiary/aromatic N) is 1. The summed E-state index contributed by atoms with van der Waals surface area (Å²) in [5.74, 6) is -0.143. The first kappa shape index (κ1) is 16.4. The van der Waals surface area contributed by atoms with Gasteiger partial charge in [-0.3, -0.25) is 4.79 Å². The van der Waals surface area contributed by atoms with Gasteiger partial charge in [0.15, 0.2) is 0 Å². The molecule has 1 aromatic heterocycles. The average Bonchev–Trinajstić information content (AvgIpc) is 2.77. The zero-order valence-corrected chi connectivity index (χ0v) is 12.8. The van der Waals surface area contributed by atoms with Crippen LogP contribution in [-0.2, 0) is 10.0 Å². The first-order chi connectivity index (χ1) is 8.39. The highest BCUT2D eigenvalue weighted by Crippen LogP contribution is 2.21. The summed E-state index contributed by atoms with van der Waals surface area (Å²) in [6.07, 6.45) is 0. The number of nitrogens with two attached hydrogens (primary N) is 1. The van der Waals surface area contributed by atoms with E-state index in [1.54, 1.807) is 4.90 Å². The van der Waals surface area contributed by atoms with Gasteiger partial charge in [-0.2, -0.15) is 0 Å². The SMILES string of the molecule is CC1CNCCN1C(=O)c1csc(S(N)(=O)=O)c1.Cl. The molecule has 0 aromatic carbocycles. The van der Waals surface area contributed by atoms with Gasteiger partial charge in [-0.1, -0.05) is 0 Å². The second-order valence-electron chi connectivity index (χ2n) is 4.25. The van der Waals surface area contributed by atoms with Gasteiger partial charge in [0.05, 0.1) is 5.56 Å². The molecule has 1 fully saturated rings. The topological polar surface area (TPSA) is 92.5 Å². The molecule has 1 atom stereocenters. The van der Waals surface area contributed by atoms with E-state index in [0.717, 1.165) is 24.4 Å². The summed E-state index contributed by atoms with van der Waals surface area (Å²) in [4.78, 5) is 14.0. The summed E-state index contributed by atoms with van der Waals surface area (Å²) in [5, 5.41) is 9.76. The molecule has 2 heterocycles. The van der Waals surface area contributed by atoms with Gasteiger partial charge in [-0.25, -0.2) is 13.6 Å². The number of carbonyl (C=O) groups is 1. The fourth-order valence-electron chi connectivity index (χ4n) is 1.89. The van der Waals surface area contributed by atoms with E-state index in [1.165, 1.54) is 11.4 Å². The summed E-state index contributed by atoms with van der Waals surface area (Å²) >= 11 is 0.974. The van der Waals surface area contributed by atoms with E-state index >= 15 is 0 Å². The van der Waals surface area contributed by atoms with Crippen molar-refractivity contribution >= 4 is 39.7 Å². The van der Waals surface area contributed by atoms with Crippen LogP contribution in [-0.4, -0.2) is 44.9 Å². The van der Waals surface area contributed by atoms with E-state index in [1.807, 2.05) is 6.92 Å². The molecule has 19 heavy (non-hydrogen) atoms. The van der Waals surface area contributed by atoms with Crippen LogP contribution in [0.2, 0.25) is 0 Å². The second-order valence-corrected chi connectivity index (χ2v) is 6.95. The number of piperazine rings is 1. The van der Waals surface area contributed by atoms with Crippen molar-refractivity contribution in [3.63, 3.8) is 0 Å². The molecule has 1 unspecified atom stereocenters. The van der Waals surface area contributed by atoms with Crippen LogP contribution < -0.4 is 10.5 Å². The maximum Gasteiger partial charge on any atom is 0.255 e. The number of carbonyl (C=O) groups excluding carboxylic acids is 1. The lowest BCUT2D eigenvalue weighted by molar-refractivity contribution is 0.0656. The summed E-state index contributed by atoms with van der Waals surface area (Å²) in [6.45, 7) is 4.08. The van der Waals surface area contributed by atoms with Gasteiger partial charge < -0.3 is 10.2 Å². The number of rotatable bonds is 2. The van der Waals surface area contributed by atoms with Gasteiger partial charge in [0.1, 0.15) is 4.21 Å². The van der Waals surface area contributed by atoms with Crippen molar-refractivity contribution < 1.29 is 13.2 Å². The van der Waals surface area contributed by atoms with Crippen molar-refractivity contribution in [2.24, 2.45) is 5.14 Å². The molecule has 1 aliphatic heterocycles. The van der Waals surface area contributed by atoms with Crippen LogP contribution in [0.1, 0.15) is 17.3 Å². The molecule has 1 saturated heterocycles. The molecule has 1 aliphatic rings. The summed E-state index contributed by atoms with van der Waals surface area (Å²) in [7, 11) is -3.72. The predicted molar refractivity (Wildman–Crippen MR) is 76.3 cm³/mol. The van der Waals surface area contributed by atoms with Crippen LogP contribution in [0.25, 0.3) is 0 Å². The zero-order chi connectivity index (χ0) is 13.3. The van der Waals surface area contributed by atoms with Gasteiger partial charge in [0, 0.05) is 31.1 Å². The minimum absolute atomic E-state index is 0. The number of sulfonamides is 1. The van der Waals surface area contributed by atoms with E-state index in [9.17, 15) is 13.2 Å². The molecular formula is C10H16ClN3O3S2. The quantitative estimate of drug-likeness (QED) is 0.815. The van der Waals surface area contributed by atoms with Gasteiger partial charge in [0.2, 0.25) is 10.0 Å². The molecule has 1 amide bonds. The number of thiophene rings is 1. The molecule has 0 radical (unpaired) electrons. The van der Waals surface area contributed by atoms with Crippen molar-refractivity contribution in [3.8, 4) is 0 Å². The minimum atomic E-state index is -3.72. The Kier molecular flexibility index (Phi) is 5.34. The third kappa shape index (κ3) is 3.67. The number of amides is 1. The molecule has 3 N–H and O–H groups in total. The molecule has 2 rings (SSSR count). The lowest BCUT2D eigenvalue weighted by Crippen LogP contribution is -2.52. The molecule has 0 bridgehead atoms. The van der Waals surface area contributed by atoms with Crippen molar-refractivity contribution in [1.29, 1.82) is 0 Å². The normalized spacial score (nSPS) is 19.9. The maximum absolute atomic E-state index is 12.2. The van der Waals surface area contributed by atoms with Gasteiger partial charge in [0.25, 0.3) is 5.91 Å². The Bertz CT molecular complexity index is 558. The molecule has 108 valence electrons. The standard InChI is InChI=1S/C10H15N3O3S2.ClH/c1-7-5-12-2-3-13(7)10(14)8-4-9(17-6-8)18(11,15)16;/h4,6-7,12H,2-3,5H2,1H3,(H2,11,15,16);1H. The van der Waals surface area contributed by atoms with E-state index in [2.05, 4.69) is 5.32 Å². The number of nitrogens with one attached hydrogen (secondary N) is 1. The largest absolute Gasteiger partial charge is 0.333 e. The summed E-state index contributed by atoms with van der Waals surface area (Å²) in [6, 6.07) is 1.45. The number of primary sulfonamides is 1. The van der Waals surface area contributed by atoms with Crippen molar-refractivity contribution in [3.05, 3.63) is 17.0 Å². The minimum Gasteiger partial charge on any atom is -0.333 e. The van der Waals surface area contributed by atoms with E-state index in [4.69, 9.17) is 5.14 Å². The highest BCUT2D eigenvalue weighted by atomic mass is 35.5. The molecule has 6 nitrogen and oxygen atoms in total. The third-order valence-corrected chi connectivity index (χ3v) is 5.25. The molecule has 0 aliphatic carbocycles. The highest BCUT2D eigenvalue weighted by molar-refractivity contribution is 7.91. The Balaban J connectivity index is 0.00000180. The van der Waals surface area contributed by atoms with Gasteiger partial charge in [-0.15, -0.1) is 23.7 Å². The van der Waals surface area contributed by atoms with E-state index in [-0.39, 0.29) is 28.6 Å². The Morgan fingerprint density at radius 3 is 2.79 bits per heavy atom. The van der Waals surface area contributed by atoms with Crippen molar-refractivity contribution in [1.82, 2.24) is 10.2 Å². The maximum atomic E-state index is 12.2. The molecule has 0 saturated carbocycles. The monoisotopic (exact) mass is 325 g/mol. The van der Waals surface area contributed by atoms with E-state index < -0.39 is 10.0 Å². The Hall–Kier alpha value is -0.670. The fourth-order valence-corrected chi connectivity index (χ4v) is 3.47. The number of hydrogen-bond donors (Lipinski definition) is 2. The Labute approximate surface area is 122 Å². The Morgan fingerprint density at radius 2 is 2.26 bits per heavy atom. The lowest BCUT2D eigenvalue weighted by Gasteiger charge is -2.33. The third-order valence-electron chi connectivity index (χ3n) is 2.86. The van der Waals surface area contributed by atoms with Crippen LogP contribution in [0, 0.1) is 0 Å². The first-order valence-corrected chi connectivity index (χ1v) is 7.95. The molecule has 1 aromatic rings. The Morgan fingerprint density at radius 1 is 1.58 bits per heavy atom. The summed E-state index contributed by atoms with van der Waals surface area (Å²) in [5.41, 5.74) is 0.387. The molecule has 0 spiro atoms. The first-order valence-electron chi connectivity index (χ1n) is 5.52.